The second-order valence-electron chi connectivity index (χ2n) is 5.53. The van der Waals surface area contributed by atoms with Crippen molar-refractivity contribution < 1.29 is 38.8 Å². The van der Waals surface area contributed by atoms with Crippen LogP contribution in [0.5, 0.6) is 0 Å². The van der Waals surface area contributed by atoms with Gasteiger partial charge in [0.2, 0.25) is 0 Å². The van der Waals surface area contributed by atoms with E-state index < -0.39 is 33.3 Å². The summed E-state index contributed by atoms with van der Waals surface area (Å²) in [4.78, 5) is 0. The number of aliphatic hydroxyl groups excluding tert-OH is 4. The van der Waals surface area contributed by atoms with Crippen molar-refractivity contribution in [2.45, 2.75) is 63.6 Å². The molecule has 4 atom stereocenters. The highest BCUT2D eigenvalue weighted by Crippen LogP contribution is 2.22. The minimum atomic E-state index is -2.39. The first-order chi connectivity index (χ1) is 10.8. The maximum Gasteiger partial charge on any atom is 0.337 e. The summed E-state index contributed by atoms with van der Waals surface area (Å²) < 4.78 is 21.4. The molecule has 0 aliphatic carbocycles. The predicted octanol–water partition coefficient (Wildman–Crippen LogP) is -0.0668. The molecule has 0 heterocycles. The van der Waals surface area contributed by atoms with Crippen LogP contribution < -0.4 is 0 Å². The van der Waals surface area contributed by atoms with Gasteiger partial charge in [0.25, 0.3) is 0 Å². The van der Waals surface area contributed by atoms with Crippen LogP contribution in [0.4, 0.5) is 0 Å². The molecule has 4 unspecified atom stereocenters. The molecular formula is C14H32O8Si. The molecule has 0 aliphatic rings. The largest absolute Gasteiger partial charge is 0.398 e. The van der Waals surface area contributed by atoms with E-state index in [2.05, 4.69) is 0 Å². The second-order valence-corrected chi connectivity index (χ2v) is 9.17. The lowest BCUT2D eigenvalue weighted by Crippen LogP contribution is -2.40. The van der Waals surface area contributed by atoms with Crippen molar-refractivity contribution in [1.29, 1.82) is 0 Å². The normalized spacial score (nSPS) is 17.7. The molecule has 0 radical (unpaired) electrons. The van der Waals surface area contributed by atoms with Crippen LogP contribution in [-0.4, -0.2) is 81.2 Å². The zero-order valence-corrected chi connectivity index (χ0v) is 15.5. The van der Waals surface area contributed by atoms with Crippen molar-refractivity contribution in [3.63, 3.8) is 0 Å². The summed E-state index contributed by atoms with van der Waals surface area (Å²) in [5.74, 6) is 0. The Hall–Kier alpha value is -0.103. The van der Waals surface area contributed by atoms with Crippen LogP contribution in [0.25, 0.3) is 0 Å². The fourth-order valence-electron chi connectivity index (χ4n) is 1.99. The number of aliphatic hydroxyl groups is 4. The molecule has 140 valence electrons. The zero-order chi connectivity index (χ0) is 17.9. The lowest BCUT2D eigenvalue weighted by atomic mass is 10.4. The van der Waals surface area contributed by atoms with E-state index in [4.69, 9.17) is 28.5 Å². The van der Waals surface area contributed by atoms with E-state index in [0.717, 1.165) is 0 Å². The van der Waals surface area contributed by atoms with Crippen LogP contribution in [0.15, 0.2) is 0 Å². The summed E-state index contributed by atoms with van der Waals surface area (Å²) >= 11 is 0. The smallest absolute Gasteiger partial charge is 0.337 e. The van der Waals surface area contributed by atoms with Crippen molar-refractivity contribution in [2.24, 2.45) is 0 Å². The van der Waals surface area contributed by atoms with Crippen molar-refractivity contribution in [2.75, 3.05) is 27.4 Å². The van der Waals surface area contributed by atoms with Gasteiger partial charge >= 0.3 is 8.56 Å². The van der Waals surface area contributed by atoms with Gasteiger partial charge < -0.3 is 38.8 Å². The summed E-state index contributed by atoms with van der Waals surface area (Å²) in [5.41, 5.74) is 0. The molecule has 0 fully saturated rings. The van der Waals surface area contributed by atoms with Gasteiger partial charge in [-0.25, -0.2) is 0 Å². The molecule has 0 aromatic heterocycles. The minimum Gasteiger partial charge on any atom is -0.398 e. The topological polar surface area (TPSA) is 118 Å². The van der Waals surface area contributed by atoms with E-state index in [1.165, 1.54) is 13.8 Å². The van der Waals surface area contributed by atoms with E-state index in [1.807, 2.05) is 0 Å². The Morgan fingerprint density at radius 2 is 1.09 bits per heavy atom. The third kappa shape index (κ3) is 9.70. The molecule has 23 heavy (non-hydrogen) atoms. The maximum atomic E-state index is 9.36. The van der Waals surface area contributed by atoms with E-state index in [9.17, 15) is 10.2 Å². The van der Waals surface area contributed by atoms with Gasteiger partial charge in [-0.15, -0.1) is 0 Å². The molecule has 0 saturated carbocycles. The Balaban J connectivity index is 4.09. The summed E-state index contributed by atoms with van der Waals surface area (Å²) in [6.07, 6.45) is -2.97. The van der Waals surface area contributed by atoms with Crippen LogP contribution in [0, 0.1) is 0 Å². The highest BCUT2D eigenvalue weighted by molar-refractivity contribution is 6.67. The Labute approximate surface area is 139 Å². The molecule has 4 N–H and O–H groups in total. The molecule has 0 aromatic carbocycles. The lowest BCUT2D eigenvalue weighted by molar-refractivity contribution is -0.156. The first kappa shape index (κ1) is 22.9. The standard InChI is InChI=1S/C14H32O8Si/c1-11(15)13(17)21-7-5-9-23(19-3,20-4)10-6-8-22-14(18)12(2)16/h11-18H,5-10H2,1-4H3. The zero-order valence-electron chi connectivity index (χ0n) is 14.5. The number of rotatable bonds is 14. The third-order valence-corrected chi connectivity index (χ3v) is 7.27. The highest BCUT2D eigenvalue weighted by Gasteiger charge is 2.34. The van der Waals surface area contributed by atoms with Gasteiger partial charge in [-0.2, -0.15) is 0 Å². The number of hydrogen-bond acceptors (Lipinski definition) is 8. The Bertz CT molecular complexity index is 262. The molecule has 0 aromatic rings. The summed E-state index contributed by atoms with van der Waals surface area (Å²) in [6.45, 7) is 3.50. The molecule has 9 heteroatoms. The van der Waals surface area contributed by atoms with Gasteiger partial charge in [0.05, 0.1) is 0 Å². The van der Waals surface area contributed by atoms with Crippen molar-refractivity contribution in [1.82, 2.24) is 0 Å². The van der Waals surface area contributed by atoms with E-state index in [-0.39, 0.29) is 0 Å². The predicted molar refractivity (Wildman–Crippen MR) is 85.9 cm³/mol. The van der Waals surface area contributed by atoms with Crippen molar-refractivity contribution in [3.05, 3.63) is 0 Å². The molecule has 0 spiro atoms. The summed E-state index contributed by atoms with van der Waals surface area (Å²) in [5, 5.41) is 37.0. The fourth-order valence-corrected chi connectivity index (χ4v) is 4.59. The minimum absolute atomic E-state index is 0.296. The van der Waals surface area contributed by atoms with Gasteiger partial charge in [0.1, 0.15) is 12.2 Å². The molecule has 8 nitrogen and oxygen atoms in total. The van der Waals surface area contributed by atoms with Crippen molar-refractivity contribution in [3.8, 4) is 0 Å². The highest BCUT2D eigenvalue weighted by atomic mass is 28.4. The molecule has 0 saturated heterocycles. The van der Waals surface area contributed by atoms with Crippen molar-refractivity contribution >= 4 is 8.56 Å². The van der Waals surface area contributed by atoms with Gasteiger partial charge in [0, 0.05) is 27.4 Å². The first-order valence-corrected chi connectivity index (χ1v) is 10.1. The Morgan fingerprint density at radius 1 is 0.739 bits per heavy atom. The fraction of sp³-hybridized carbons (Fsp3) is 1.00. The van der Waals surface area contributed by atoms with Gasteiger partial charge in [-0.1, -0.05) is 0 Å². The Morgan fingerprint density at radius 3 is 1.35 bits per heavy atom. The number of hydrogen-bond donors (Lipinski definition) is 4. The van der Waals surface area contributed by atoms with E-state index in [1.54, 1.807) is 14.2 Å². The average molecular weight is 356 g/mol. The second kappa shape index (κ2) is 12.3. The SMILES string of the molecule is CO[Si](CCCOC(O)C(C)O)(CCCOC(O)C(C)O)OC. The summed E-state index contributed by atoms with van der Waals surface area (Å²) in [7, 11) is 0.818. The van der Waals surface area contributed by atoms with Crippen LogP contribution >= 0.6 is 0 Å². The van der Waals surface area contributed by atoms with Crippen LogP contribution in [0.2, 0.25) is 12.1 Å². The van der Waals surface area contributed by atoms with Gasteiger partial charge in [-0.05, 0) is 38.8 Å². The molecule has 0 rings (SSSR count). The molecule has 0 bridgehead atoms. The van der Waals surface area contributed by atoms with Crippen LogP contribution in [-0.2, 0) is 18.3 Å². The monoisotopic (exact) mass is 356 g/mol. The first-order valence-electron chi connectivity index (χ1n) is 7.83. The maximum absolute atomic E-state index is 9.36. The van der Waals surface area contributed by atoms with E-state index >= 15 is 0 Å². The van der Waals surface area contributed by atoms with E-state index in [0.29, 0.717) is 38.1 Å². The average Bonchev–Trinajstić information content (AvgIpc) is 2.52. The molecule has 0 amide bonds. The summed E-state index contributed by atoms with van der Waals surface area (Å²) in [6, 6.07) is 1.34. The molecular weight excluding hydrogens is 324 g/mol. The molecule has 0 aliphatic heterocycles. The Kier molecular flexibility index (Phi) is 12.2. The van der Waals surface area contributed by atoms with Crippen LogP contribution in [0.3, 0.4) is 0 Å². The third-order valence-electron chi connectivity index (χ3n) is 3.55. The number of ether oxygens (including phenoxy) is 2. The lowest BCUT2D eigenvalue weighted by Gasteiger charge is -2.28. The van der Waals surface area contributed by atoms with Gasteiger partial charge in [-0.3, -0.25) is 0 Å². The quantitative estimate of drug-likeness (QED) is 0.194. The van der Waals surface area contributed by atoms with Crippen LogP contribution in [0.1, 0.15) is 26.7 Å². The van der Waals surface area contributed by atoms with Gasteiger partial charge in [0.15, 0.2) is 12.6 Å².